The predicted molar refractivity (Wildman–Crippen MR) is 95.3 cm³/mol. The van der Waals surface area contributed by atoms with Gasteiger partial charge in [0, 0.05) is 15.8 Å². The molecule has 0 aliphatic rings. The number of rotatable bonds is 4. The summed E-state index contributed by atoms with van der Waals surface area (Å²) in [5.41, 5.74) is 3.77. The lowest BCUT2D eigenvalue weighted by Crippen LogP contribution is -2.01. The van der Waals surface area contributed by atoms with Crippen LogP contribution in [-0.4, -0.2) is 22.3 Å². The Hall–Kier alpha value is -2.33. The highest BCUT2D eigenvalue weighted by Gasteiger charge is 2.14. The molecule has 1 N–H and O–H groups in total. The summed E-state index contributed by atoms with van der Waals surface area (Å²) in [6.45, 7) is 2.05. The molecule has 0 saturated heterocycles. The molecule has 0 fully saturated rings. The molecule has 3 rings (SSSR count). The summed E-state index contributed by atoms with van der Waals surface area (Å²) >= 11 is 1.67. The minimum absolute atomic E-state index is 0.300. The van der Waals surface area contributed by atoms with E-state index in [4.69, 9.17) is 4.98 Å². The highest BCUT2D eigenvalue weighted by atomic mass is 32.2. The normalized spacial score (nSPS) is 10.9. The van der Waals surface area contributed by atoms with Crippen molar-refractivity contribution in [1.82, 2.24) is 4.98 Å². The van der Waals surface area contributed by atoms with Gasteiger partial charge in [-0.3, -0.25) is 0 Å². The predicted octanol–water partition coefficient (Wildman–Crippen LogP) is 4.88. The number of para-hydroxylation sites is 1. The van der Waals surface area contributed by atoms with Crippen LogP contribution < -0.4 is 0 Å². The molecular formula is C19H17NO2S. The van der Waals surface area contributed by atoms with Crippen LogP contribution in [0, 0.1) is 0 Å². The van der Waals surface area contributed by atoms with Gasteiger partial charge >= 0.3 is 5.97 Å². The number of fused-ring (bicyclic) bond motifs is 1. The van der Waals surface area contributed by atoms with Gasteiger partial charge in [-0.25, -0.2) is 9.78 Å². The van der Waals surface area contributed by atoms with Gasteiger partial charge in [0.1, 0.15) is 0 Å². The molecule has 3 aromatic rings. The van der Waals surface area contributed by atoms with Gasteiger partial charge in [0.25, 0.3) is 0 Å². The molecule has 1 aromatic heterocycles. The molecule has 0 spiro atoms. The number of benzene rings is 2. The summed E-state index contributed by atoms with van der Waals surface area (Å²) in [5.74, 6) is -0.923. The number of hydrogen-bond acceptors (Lipinski definition) is 3. The fourth-order valence-electron chi connectivity index (χ4n) is 2.68. The highest BCUT2D eigenvalue weighted by molar-refractivity contribution is 7.98. The van der Waals surface area contributed by atoms with Crippen LogP contribution in [-0.2, 0) is 6.42 Å². The minimum atomic E-state index is -0.923. The number of thioether (sulfide) groups is 1. The fourth-order valence-corrected chi connectivity index (χ4v) is 3.09. The quantitative estimate of drug-likeness (QED) is 0.695. The number of aromatic nitrogens is 1. The minimum Gasteiger partial charge on any atom is -0.478 e. The Kier molecular flexibility index (Phi) is 4.35. The second-order valence-corrected chi connectivity index (χ2v) is 6.14. The summed E-state index contributed by atoms with van der Waals surface area (Å²) in [6.07, 6.45) is 2.84. The second-order valence-electron chi connectivity index (χ2n) is 5.26. The Morgan fingerprint density at radius 3 is 2.52 bits per heavy atom. The first-order valence-corrected chi connectivity index (χ1v) is 8.67. The molecule has 0 aliphatic carbocycles. The van der Waals surface area contributed by atoms with Crippen LogP contribution in [0.25, 0.3) is 22.2 Å². The first-order valence-electron chi connectivity index (χ1n) is 7.44. The van der Waals surface area contributed by atoms with E-state index in [2.05, 4.69) is 6.92 Å². The first-order chi connectivity index (χ1) is 11.1. The molecule has 0 saturated carbocycles. The molecule has 0 amide bonds. The lowest BCUT2D eigenvalue weighted by atomic mass is 10.0. The van der Waals surface area contributed by atoms with Crippen LogP contribution in [0.4, 0.5) is 0 Å². The SMILES string of the molecule is CCc1cccc2c(C(=O)O)cc(-c3ccc(SC)cc3)nc12. The number of carboxylic acids is 1. The van der Waals surface area contributed by atoms with Gasteiger partial charge in [0.05, 0.1) is 16.8 Å². The molecule has 0 unspecified atom stereocenters. The Morgan fingerprint density at radius 1 is 1.17 bits per heavy atom. The van der Waals surface area contributed by atoms with Crippen LogP contribution in [0.5, 0.6) is 0 Å². The Morgan fingerprint density at radius 2 is 1.91 bits per heavy atom. The molecule has 3 nitrogen and oxygen atoms in total. The zero-order chi connectivity index (χ0) is 16.4. The smallest absolute Gasteiger partial charge is 0.336 e. The number of pyridine rings is 1. The molecule has 1 heterocycles. The molecule has 116 valence electrons. The molecule has 0 atom stereocenters. The van der Waals surface area contributed by atoms with Gasteiger partial charge in [-0.1, -0.05) is 37.3 Å². The molecule has 0 radical (unpaired) electrons. The average molecular weight is 323 g/mol. The van der Waals surface area contributed by atoms with Gasteiger partial charge in [-0.05, 0) is 36.4 Å². The molecule has 23 heavy (non-hydrogen) atoms. The fraction of sp³-hybridized carbons (Fsp3) is 0.158. The third-order valence-corrected chi connectivity index (χ3v) is 4.66. The maximum atomic E-state index is 11.7. The summed E-state index contributed by atoms with van der Waals surface area (Å²) in [6, 6.07) is 15.4. The number of aryl methyl sites for hydroxylation is 1. The van der Waals surface area contributed by atoms with E-state index in [1.54, 1.807) is 17.8 Å². The lowest BCUT2D eigenvalue weighted by Gasteiger charge is -2.10. The van der Waals surface area contributed by atoms with Crippen molar-refractivity contribution in [1.29, 1.82) is 0 Å². The van der Waals surface area contributed by atoms with Crippen molar-refractivity contribution in [2.24, 2.45) is 0 Å². The van der Waals surface area contributed by atoms with E-state index in [0.29, 0.717) is 16.6 Å². The topological polar surface area (TPSA) is 50.2 Å². The average Bonchev–Trinajstić information content (AvgIpc) is 2.60. The van der Waals surface area contributed by atoms with Crippen LogP contribution in [0.15, 0.2) is 53.4 Å². The monoisotopic (exact) mass is 323 g/mol. The summed E-state index contributed by atoms with van der Waals surface area (Å²) in [4.78, 5) is 17.6. The van der Waals surface area contributed by atoms with Crippen molar-refractivity contribution in [2.45, 2.75) is 18.2 Å². The first kappa shape index (κ1) is 15.6. The third-order valence-electron chi connectivity index (χ3n) is 3.92. The maximum absolute atomic E-state index is 11.7. The Bertz CT molecular complexity index is 872. The molecule has 0 bridgehead atoms. The van der Waals surface area contributed by atoms with Crippen molar-refractivity contribution in [2.75, 3.05) is 6.26 Å². The largest absolute Gasteiger partial charge is 0.478 e. The van der Waals surface area contributed by atoms with Crippen molar-refractivity contribution in [3.8, 4) is 11.3 Å². The number of nitrogens with zero attached hydrogens (tertiary/aromatic N) is 1. The van der Waals surface area contributed by atoms with Crippen LogP contribution >= 0.6 is 11.8 Å². The van der Waals surface area contributed by atoms with E-state index in [9.17, 15) is 9.90 Å². The van der Waals surface area contributed by atoms with Crippen LogP contribution in [0.2, 0.25) is 0 Å². The van der Waals surface area contributed by atoms with Gasteiger partial charge in [0.15, 0.2) is 0 Å². The van der Waals surface area contributed by atoms with E-state index in [1.807, 2.05) is 48.7 Å². The van der Waals surface area contributed by atoms with Crippen LogP contribution in [0.3, 0.4) is 0 Å². The van der Waals surface area contributed by atoms with Gasteiger partial charge in [0.2, 0.25) is 0 Å². The van der Waals surface area contributed by atoms with E-state index >= 15 is 0 Å². The van der Waals surface area contributed by atoms with Crippen LogP contribution in [0.1, 0.15) is 22.8 Å². The Labute approximate surface area is 139 Å². The molecule has 4 heteroatoms. The molecule has 2 aromatic carbocycles. The molecular weight excluding hydrogens is 306 g/mol. The van der Waals surface area contributed by atoms with E-state index < -0.39 is 5.97 Å². The second kappa shape index (κ2) is 6.42. The third kappa shape index (κ3) is 2.94. The number of carbonyl (C=O) groups is 1. The maximum Gasteiger partial charge on any atom is 0.336 e. The Balaban J connectivity index is 2.26. The van der Waals surface area contributed by atoms with Crippen molar-refractivity contribution < 1.29 is 9.90 Å². The van der Waals surface area contributed by atoms with Crippen molar-refractivity contribution >= 4 is 28.6 Å². The van der Waals surface area contributed by atoms with Crippen molar-refractivity contribution in [3.63, 3.8) is 0 Å². The van der Waals surface area contributed by atoms with E-state index in [-0.39, 0.29) is 0 Å². The zero-order valence-electron chi connectivity index (χ0n) is 13.0. The summed E-state index contributed by atoms with van der Waals surface area (Å²) in [5, 5.41) is 10.3. The standard InChI is InChI=1S/C19H17NO2S/c1-3-12-5-4-6-15-16(19(21)22)11-17(20-18(12)15)13-7-9-14(23-2)10-8-13/h4-11H,3H2,1-2H3,(H,21,22). The zero-order valence-corrected chi connectivity index (χ0v) is 13.9. The summed E-state index contributed by atoms with van der Waals surface area (Å²) in [7, 11) is 0. The van der Waals surface area contributed by atoms with Gasteiger partial charge in [-0.2, -0.15) is 0 Å². The lowest BCUT2D eigenvalue weighted by molar-refractivity contribution is 0.0699. The van der Waals surface area contributed by atoms with Gasteiger partial charge < -0.3 is 5.11 Å². The highest BCUT2D eigenvalue weighted by Crippen LogP contribution is 2.28. The van der Waals surface area contributed by atoms with Gasteiger partial charge in [-0.15, -0.1) is 11.8 Å². The number of carboxylic acid groups (broad SMARTS) is 1. The number of aromatic carboxylic acids is 1. The summed E-state index contributed by atoms with van der Waals surface area (Å²) < 4.78 is 0. The van der Waals surface area contributed by atoms with E-state index in [0.717, 1.165) is 23.1 Å². The number of hydrogen-bond donors (Lipinski definition) is 1. The van der Waals surface area contributed by atoms with E-state index in [1.165, 1.54) is 4.90 Å². The molecule has 0 aliphatic heterocycles. The van der Waals surface area contributed by atoms with Crippen molar-refractivity contribution in [3.05, 3.63) is 59.7 Å².